The van der Waals surface area contributed by atoms with Crippen molar-refractivity contribution in [1.29, 1.82) is 0 Å². The molecule has 2 aliphatic heterocycles. The molecule has 1 N–H and O–H groups in total. The standard InChI is InChI=1S/C9H17N3S/c1-7-5-10-9(11-7)12-3-4-13-8(2)6-12/h7-8H,3-6H2,1-2H3,(H,10,11). The van der Waals surface area contributed by atoms with Crippen molar-refractivity contribution in [3.63, 3.8) is 0 Å². The normalized spacial score (nSPS) is 34.3. The molecule has 0 saturated carbocycles. The number of hydrogen-bond donors (Lipinski definition) is 1. The summed E-state index contributed by atoms with van der Waals surface area (Å²) in [6, 6.07) is 0.528. The molecule has 0 aliphatic carbocycles. The maximum atomic E-state index is 4.50. The Balaban J connectivity index is 1.93. The van der Waals surface area contributed by atoms with Crippen molar-refractivity contribution in [2.24, 2.45) is 4.99 Å². The molecule has 2 rings (SSSR count). The molecule has 0 aromatic carbocycles. The van der Waals surface area contributed by atoms with Crippen molar-refractivity contribution in [3.8, 4) is 0 Å². The zero-order valence-electron chi connectivity index (χ0n) is 8.29. The molecule has 0 aromatic rings. The molecular formula is C9H17N3S. The molecule has 0 radical (unpaired) electrons. The Bertz CT molecular complexity index is 217. The average Bonchev–Trinajstić information content (AvgIpc) is 2.52. The lowest BCUT2D eigenvalue weighted by Crippen LogP contribution is -2.47. The first-order valence-corrected chi connectivity index (χ1v) is 5.98. The van der Waals surface area contributed by atoms with Crippen LogP contribution in [0.1, 0.15) is 13.8 Å². The van der Waals surface area contributed by atoms with Gasteiger partial charge in [-0.15, -0.1) is 0 Å². The summed E-state index contributed by atoms with van der Waals surface area (Å²) >= 11 is 2.06. The van der Waals surface area contributed by atoms with Gasteiger partial charge in [0.2, 0.25) is 0 Å². The van der Waals surface area contributed by atoms with E-state index in [2.05, 4.69) is 40.8 Å². The first-order chi connectivity index (χ1) is 6.25. The Kier molecular flexibility index (Phi) is 2.67. The van der Waals surface area contributed by atoms with Gasteiger partial charge in [-0.25, -0.2) is 0 Å². The molecule has 74 valence electrons. The minimum Gasteiger partial charge on any atom is -0.352 e. The fraction of sp³-hybridized carbons (Fsp3) is 0.889. The van der Waals surface area contributed by atoms with E-state index in [1.165, 1.54) is 5.75 Å². The van der Waals surface area contributed by atoms with Crippen LogP contribution in [-0.2, 0) is 0 Å². The maximum Gasteiger partial charge on any atom is 0.194 e. The molecule has 2 aliphatic rings. The second kappa shape index (κ2) is 3.78. The minimum atomic E-state index is 0.528. The number of rotatable bonds is 0. The molecule has 2 atom stereocenters. The molecule has 1 saturated heterocycles. The second-order valence-corrected chi connectivity index (χ2v) is 5.38. The Hall–Kier alpha value is -0.380. The van der Waals surface area contributed by atoms with E-state index in [-0.39, 0.29) is 0 Å². The average molecular weight is 199 g/mol. The van der Waals surface area contributed by atoms with Gasteiger partial charge in [0.05, 0.1) is 6.54 Å². The van der Waals surface area contributed by atoms with Gasteiger partial charge in [-0.3, -0.25) is 4.99 Å². The first-order valence-electron chi connectivity index (χ1n) is 4.93. The molecule has 4 heteroatoms. The summed E-state index contributed by atoms with van der Waals surface area (Å²) in [5.74, 6) is 2.36. The SMILES string of the molecule is CC1CN=C(N2CCSC(C)C2)N1. The molecule has 13 heavy (non-hydrogen) atoms. The lowest BCUT2D eigenvalue weighted by atomic mass is 10.4. The summed E-state index contributed by atoms with van der Waals surface area (Å²) in [4.78, 5) is 6.88. The van der Waals surface area contributed by atoms with E-state index in [1.54, 1.807) is 0 Å². The molecule has 2 unspecified atom stereocenters. The third-order valence-corrected chi connectivity index (χ3v) is 3.57. The summed E-state index contributed by atoms with van der Waals surface area (Å²) in [7, 11) is 0. The van der Waals surface area contributed by atoms with Crippen molar-refractivity contribution >= 4 is 17.7 Å². The quantitative estimate of drug-likeness (QED) is 0.624. The van der Waals surface area contributed by atoms with Gasteiger partial charge >= 0.3 is 0 Å². The van der Waals surface area contributed by atoms with Gasteiger partial charge in [0.15, 0.2) is 5.96 Å². The van der Waals surface area contributed by atoms with Crippen molar-refractivity contribution in [2.75, 3.05) is 25.4 Å². The van der Waals surface area contributed by atoms with E-state index >= 15 is 0 Å². The molecular weight excluding hydrogens is 182 g/mol. The zero-order chi connectivity index (χ0) is 9.26. The Morgan fingerprint density at radius 1 is 1.54 bits per heavy atom. The van der Waals surface area contributed by atoms with Crippen LogP contribution in [0.2, 0.25) is 0 Å². The second-order valence-electron chi connectivity index (χ2n) is 3.84. The van der Waals surface area contributed by atoms with Gasteiger partial charge < -0.3 is 10.2 Å². The zero-order valence-corrected chi connectivity index (χ0v) is 9.10. The van der Waals surface area contributed by atoms with Crippen LogP contribution in [0.15, 0.2) is 4.99 Å². The van der Waals surface area contributed by atoms with Gasteiger partial charge in [0, 0.05) is 30.1 Å². The van der Waals surface area contributed by atoms with Crippen LogP contribution < -0.4 is 5.32 Å². The van der Waals surface area contributed by atoms with Gasteiger partial charge in [0.1, 0.15) is 0 Å². The lowest BCUT2D eigenvalue weighted by molar-refractivity contribution is 0.422. The highest BCUT2D eigenvalue weighted by Gasteiger charge is 2.23. The predicted octanol–water partition coefficient (Wildman–Crippen LogP) is 0.771. The van der Waals surface area contributed by atoms with Gasteiger partial charge in [-0.1, -0.05) is 6.92 Å². The highest BCUT2D eigenvalue weighted by molar-refractivity contribution is 7.99. The molecule has 0 aromatic heterocycles. The van der Waals surface area contributed by atoms with Crippen LogP contribution in [0.5, 0.6) is 0 Å². The van der Waals surface area contributed by atoms with E-state index in [9.17, 15) is 0 Å². The van der Waals surface area contributed by atoms with Crippen LogP contribution in [0.25, 0.3) is 0 Å². The number of guanidine groups is 1. The molecule has 0 bridgehead atoms. The molecule has 3 nitrogen and oxygen atoms in total. The maximum absolute atomic E-state index is 4.50. The van der Waals surface area contributed by atoms with Crippen LogP contribution in [0.3, 0.4) is 0 Å². The molecule has 0 spiro atoms. The number of thioether (sulfide) groups is 1. The van der Waals surface area contributed by atoms with E-state index in [4.69, 9.17) is 0 Å². The van der Waals surface area contributed by atoms with Crippen LogP contribution in [0.4, 0.5) is 0 Å². The third-order valence-electron chi connectivity index (χ3n) is 2.43. The summed E-state index contributed by atoms with van der Waals surface area (Å²) in [5.41, 5.74) is 0. The van der Waals surface area contributed by atoms with Gasteiger partial charge in [0.25, 0.3) is 0 Å². The fourth-order valence-electron chi connectivity index (χ4n) is 1.74. The highest BCUT2D eigenvalue weighted by atomic mass is 32.2. The largest absolute Gasteiger partial charge is 0.352 e. The molecule has 0 amide bonds. The summed E-state index contributed by atoms with van der Waals surface area (Å²) < 4.78 is 0. The monoisotopic (exact) mass is 199 g/mol. The molecule has 1 fully saturated rings. The minimum absolute atomic E-state index is 0.528. The van der Waals surface area contributed by atoms with E-state index in [0.29, 0.717) is 6.04 Å². The van der Waals surface area contributed by atoms with Crippen molar-refractivity contribution in [3.05, 3.63) is 0 Å². The van der Waals surface area contributed by atoms with Crippen molar-refractivity contribution in [1.82, 2.24) is 10.2 Å². The number of hydrogen-bond acceptors (Lipinski definition) is 4. The summed E-state index contributed by atoms with van der Waals surface area (Å²) in [5, 5.41) is 4.16. The Morgan fingerprint density at radius 3 is 3.00 bits per heavy atom. The summed E-state index contributed by atoms with van der Waals surface area (Å²) in [6.45, 7) is 7.69. The van der Waals surface area contributed by atoms with Crippen molar-refractivity contribution in [2.45, 2.75) is 25.1 Å². The van der Waals surface area contributed by atoms with E-state index in [1.807, 2.05) is 0 Å². The fourth-order valence-corrected chi connectivity index (χ4v) is 2.75. The first kappa shape index (κ1) is 9.19. The van der Waals surface area contributed by atoms with Gasteiger partial charge in [-0.05, 0) is 6.92 Å². The Labute approximate surface area is 84.0 Å². The number of nitrogens with one attached hydrogen (secondary N) is 1. The number of nitrogens with zero attached hydrogens (tertiary/aromatic N) is 2. The van der Waals surface area contributed by atoms with Crippen molar-refractivity contribution < 1.29 is 0 Å². The predicted molar refractivity (Wildman–Crippen MR) is 58.4 cm³/mol. The summed E-state index contributed by atoms with van der Waals surface area (Å²) in [6.07, 6.45) is 0. The third kappa shape index (κ3) is 2.10. The molecule has 2 heterocycles. The van der Waals surface area contributed by atoms with E-state index < -0.39 is 0 Å². The topological polar surface area (TPSA) is 27.6 Å². The van der Waals surface area contributed by atoms with Crippen LogP contribution >= 0.6 is 11.8 Å². The smallest absolute Gasteiger partial charge is 0.194 e. The van der Waals surface area contributed by atoms with E-state index in [0.717, 1.165) is 30.8 Å². The van der Waals surface area contributed by atoms with Gasteiger partial charge in [-0.2, -0.15) is 11.8 Å². The highest BCUT2D eigenvalue weighted by Crippen LogP contribution is 2.18. The number of aliphatic imine (C=N–C) groups is 1. The van der Waals surface area contributed by atoms with Crippen LogP contribution in [0, 0.1) is 0 Å². The Morgan fingerprint density at radius 2 is 2.38 bits per heavy atom. The van der Waals surface area contributed by atoms with Crippen LogP contribution in [-0.4, -0.2) is 47.5 Å². The lowest BCUT2D eigenvalue weighted by Gasteiger charge is -2.32.